The molecule has 3 unspecified atom stereocenters. The standard InChI is InChI=1S/C44H84NO8P/c1-6-8-10-12-14-16-18-20-22-24-26-28-30-32-34-36-43(46)51-40-42(38-41(39-45(3,4)5)53-54(48,49)50)52-44(47)37-35-33-31-29-27-25-23-21-19-17-15-13-11-9-7-2/h20-23,41-42H,6-19,24-40H2,1-5H3,(H-,48,49,50). The van der Waals surface area contributed by atoms with E-state index in [9.17, 15) is 23.9 Å². The zero-order chi connectivity index (χ0) is 40.2. The number of likely N-dealkylation sites (N-methyl/N-ethyl adjacent to an activating group) is 1. The molecule has 0 aromatic carbocycles. The van der Waals surface area contributed by atoms with Crippen molar-refractivity contribution in [3.05, 3.63) is 24.3 Å². The van der Waals surface area contributed by atoms with E-state index >= 15 is 0 Å². The van der Waals surface area contributed by atoms with Gasteiger partial charge in [0, 0.05) is 19.3 Å². The number of carbonyl (C=O) groups is 2. The second-order valence-electron chi connectivity index (χ2n) is 16.4. The van der Waals surface area contributed by atoms with Crippen molar-refractivity contribution in [2.75, 3.05) is 34.3 Å². The lowest BCUT2D eigenvalue weighted by atomic mass is 10.1. The third-order valence-corrected chi connectivity index (χ3v) is 10.1. The number of nitrogens with zero attached hydrogens (tertiary/aromatic N) is 1. The van der Waals surface area contributed by atoms with Crippen LogP contribution < -0.4 is 4.89 Å². The van der Waals surface area contributed by atoms with Crippen molar-refractivity contribution in [1.29, 1.82) is 0 Å². The fourth-order valence-corrected chi connectivity index (χ4v) is 7.11. The van der Waals surface area contributed by atoms with Crippen LogP contribution in [0.15, 0.2) is 24.3 Å². The molecule has 0 radical (unpaired) electrons. The lowest BCUT2D eigenvalue weighted by Crippen LogP contribution is -2.44. The molecule has 0 heterocycles. The maximum Gasteiger partial charge on any atom is 0.306 e. The molecule has 3 atom stereocenters. The minimum atomic E-state index is -5.04. The summed E-state index contributed by atoms with van der Waals surface area (Å²) in [6.07, 6.45) is 38.3. The average molecular weight is 786 g/mol. The predicted molar refractivity (Wildman–Crippen MR) is 222 cm³/mol. The Morgan fingerprint density at radius 3 is 1.35 bits per heavy atom. The van der Waals surface area contributed by atoms with Crippen molar-refractivity contribution in [3.63, 3.8) is 0 Å². The van der Waals surface area contributed by atoms with Crippen molar-refractivity contribution in [2.24, 2.45) is 0 Å². The number of quaternary nitrogens is 1. The summed E-state index contributed by atoms with van der Waals surface area (Å²) in [7, 11) is 0.560. The fourth-order valence-electron chi connectivity index (χ4n) is 6.58. The van der Waals surface area contributed by atoms with Crippen LogP contribution in [0.2, 0.25) is 0 Å². The molecular formula is C44H84NO8P. The fraction of sp³-hybridized carbons (Fsp3) is 0.864. The Morgan fingerprint density at radius 1 is 0.593 bits per heavy atom. The molecular weight excluding hydrogens is 701 g/mol. The highest BCUT2D eigenvalue weighted by Gasteiger charge is 2.29. The van der Waals surface area contributed by atoms with E-state index in [-0.39, 0.29) is 38.4 Å². The van der Waals surface area contributed by atoms with Crippen molar-refractivity contribution in [2.45, 2.75) is 212 Å². The van der Waals surface area contributed by atoms with Gasteiger partial charge in [-0.3, -0.25) is 14.2 Å². The van der Waals surface area contributed by atoms with Gasteiger partial charge in [-0.25, -0.2) is 0 Å². The van der Waals surface area contributed by atoms with Crippen LogP contribution in [0.25, 0.3) is 0 Å². The molecule has 0 saturated carbocycles. The number of ether oxygens (including phenoxy) is 2. The number of hydrogen-bond acceptors (Lipinski definition) is 7. The second kappa shape index (κ2) is 35.9. The van der Waals surface area contributed by atoms with E-state index in [0.717, 1.165) is 70.6 Å². The van der Waals surface area contributed by atoms with Crippen LogP contribution >= 0.6 is 7.82 Å². The highest BCUT2D eigenvalue weighted by molar-refractivity contribution is 7.44. The third kappa shape index (κ3) is 40.2. The van der Waals surface area contributed by atoms with E-state index in [2.05, 4.69) is 38.2 Å². The van der Waals surface area contributed by atoms with Gasteiger partial charge in [0.1, 0.15) is 25.4 Å². The Bertz CT molecular complexity index is 990. The van der Waals surface area contributed by atoms with Gasteiger partial charge in [0.25, 0.3) is 7.82 Å². The molecule has 0 amide bonds. The molecule has 0 aliphatic carbocycles. The van der Waals surface area contributed by atoms with Crippen LogP contribution in [0, 0.1) is 0 Å². The number of phosphoric ester groups is 1. The molecule has 0 aromatic rings. The zero-order valence-corrected chi connectivity index (χ0v) is 36.5. The van der Waals surface area contributed by atoms with E-state index in [0.29, 0.717) is 10.9 Å². The van der Waals surface area contributed by atoms with Gasteiger partial charge in [-0.1, -0.05) is 141 Å². The molecule has 1 N–H and O–H groups in total. The summed E-state index contributed by atoms with van der Waals surface area (Å²) < 4.78 is 28.2. The Balaban J connectivity index is 4.53. The van der Waals surface area contributed by atoms with Crippen LogP contribution in [0.5, 0.6) is 0 Å². The third-order valence-electron chi connectivity index (χ3n) is 9.57. The summed E-state index contributed by atoms with van der Waals surface area (Å²) in [5, 5.41) is 0. The van der Waals surface area contributed by atoms with E-state index < -0.39 is 26.0 Å². The van der Waals surface area contributed by atoms with Gasteiger partial charge in [0.05, 0.1) is 21.1 Å². The number of allylic oxidation sites excluding steroid dienone is 4. The first-order valence-corrected chi connectivity index (χ1v) is 23.5. The van der Waals surface area contributed by atoms with E-state index in [1.54, 1.807) is 0 Å². The largest absolute Gasteiger partial charge is 0.756 e. The molecule has 0 bridgehead atoms. The van der Waals surface area contributed by atoms with E-state index in [4.69, 9.17) is 14.0 Å². The highest BCUT2D eigenvalue weighted by Crippen LogP contribution is 2.34. The molecule has 318 valence electrons. The van der Waals surface area contributed by atoms with Gasteiger partial charge in [-0.15, -0.1) is 0 Å². The van der Waals surface area contributed by atoms with Crippen LogP contribution in [-0.2, 0) is 28.2 Å². The number of esters is 2. The van der Waals surface area contributed by atoms with Crippen molar-refractivity contribution in [1.82, 2.24) is 0 Å². The predicted octanol–water partition coefficient (Wildman–Crippen LogP) is 11.5. The summed E-state index contributed by atoms with van der Waals surface area (Å²) in [5.74, 6) is -0.782. The molecule has 0 saturated heterocycles. The summed E-state index contributed by atoms with van der Waals surface area (Å²) in [6.45, 7) is 4.54. The van der Waals surface area contributed by atoms with Crippen LogP contribution in [0.4, 0.5) is 0 Å². The molecule has 54 heavy (non-hydrogen) atoms. The molecule has 0 aliphatic heterocycles. The summed E-state index contributed by atoms with van der Waals surface area (Å²) in [5.41, 5.74) is 0. The number of rotatable bonds is 39. The Morgan fingerprint density at radius 2 is 0.963 bits per heavy atom. The lowest BCUT2D eigenvalue weighted by Gasteiger charge is -2.32. The van der Waals surface area contributed by atoms with Gasteiger partial charge in [-0.2, -0.15) is 0 Å². The summed E-state index contributed by atoms with van der Waals surface area (Å²) in [4.78, 5) is 46.5. The summed E-state index contributed by atoms with van der Waals surface area (Å²) >= 11 is 0. The Labute approximate surface area is 332 Å². The summed E-state index contributed by atoms with van der Waals surface area (Å²) in [6, 6.07) is 0. The average Bonchev–Trinajstić information content (AvgIpc) is 3.09. The number of carbonyl (C=O) groups excluding carboxylic acids is 2. The van der Waals surface area contributed by atoms with Crippen LogP contribution in [0.3, 0.4) is 0 Å². The minimum absolute atomic E-state index is 0.0267. The maximum atomic E-state index is 12.8. The van der Waals surface area contributed by atoms with Gasteiger partial charge in [-0.05, 0) is 64.2 Å². The van der Waals surface area contributed by atoms with Crippen LogP contribution in [-0.4, -0.2) is 67.8 Å². The molecule has 0 rings (SSSR count). The SMILES string of the molecule is CCCCCCCCC=CCCCCCCCC(=O)OCC(CC(C[N+](C)(C)C)OP(=O)([O-])O)OC(=O)CCCCCCCC=CCCCCCCCC. The smallest absolute Gasteiger partial charge is 0.306 e. The Hall–Kier alpha value is -1.51. The maximum absolute atomic E-state index is 12.8. The molecule has 0 spiro atoms. The van der Waals surface area contributed by atoms with Gasteiger partial charge in [0.15, 0.2) is 0 Å². The molecule has 10 heteroatoms. The van der Waals surface area contributed by atoms with Gasteiger partial charge >= 0.3 is 11.9 Å². The monoisotopic (exact) mass is 786 g/mol. The molecule has 0 aromatic heterocycles. The highest BCUT2D eigenvalue weighted by atomic mass is 31.2. The second-order valence-corrected chi connectivity index (χ2v) is 17.5. The van der Waals surface area contributed by atoms with Gasteiger partial charge in [0.2, 0.25) is 0 Å². The first-order valence-electron chi connectivity index (χ1n) is 22.0. The van der Waals surface area contributed by atoms with E-state index in [1.807, 2.05) is 21.1 Å². The number of hydrogen-bond donors (Lipinski definition) is 1. The van der Waals surface area contributed by atoms with Crippen molar-refractivity contribution >= 4 is 19.8 Å². The number of unbranched alkanes of at least 4 members (excludes halogenated alkanes) is 22. The van der Waals surface area contributed by atoms with E-state index in [1.165, 1.54) is 89.9 Å². The molecule has 0 aliphatic rings. The quantitative estimate of drug-likeness (QED) is 0.0215. The van der Waals surface area contributed by atoms with Gasteiger partial charge < -0.3 is 28.3 Å². The number of phosphoric acid groups is 1. The van der Waals surface area contributed by atoms with Crippen molar-refractivity contribution in [3.8, 4) is 0 Å². The topological polar surface area (TPSA) is 122 Å². The van der Waals surface area contributed by atoms with Crippen LogP contribution in [0.1, 0.15) is 200 Å². The molecule has 9 nitrogen and oxygen atoms in total. The Kier molecular flexibility index (Phi) is 34.9. The molecule has 0 fully saturated rings. The first kappa shape index (κ1) is 52.5. The normalized spacial score (nSPS) is 14.4. The zero-order valence-electron chi connectivity index (χ0n) is 35.6. The van der Waals surface area contributed by atoms with Crippen molar-refractivity contribution < 1.29 is 42.4 Å². The first-order chi connectivity index (χ1) is 25.9. The lowest BCUT2D eigenvalue weighted by molar-refractivity contribution is -0.873. The minimum Gasteiger partial charge on any atom is -0.756 e.